The maximum absolute atomic E-state index is 13.6. The van der Waals surface area contributed by atoms with Gasteiger partial charge in [-0.1, -0.05) is 12.1 Å². The molecular weight excluding hydrogens is 377 g/mol. The first kappa shape index (κ1) is 18.9. The number of ether oxygens (including phenoxy) is 2. The number of aromatic nitrogens is 4. The maximum atomic E-state index is 13.6. The van der Waals surface area contributed by atoms with Gasteiger partial charge >= 0.3 is 0 Å². The Morgan fingerprint density at radius 1 is 1.10 bits per heavy atom. The second-order valence-electron chi connectivity index (χ2n) is 6.60. The number of rotatable bonds is 6. The molecule has 1 fully saturated rings. The standard InChI is InChI=1S/C20H20FN5O3/c21-16-4-1-2-5-17(16)28-14-20(27)25-12-8-15(9-13-25)29-19-7-6-18(23-24-19)26-11-3-10-22-26/h1-7,10-11,15H,8-9,12-14H2. The van der Waals surface area contributed by atoms with Crippen molar-refractivity contribution in [2.45, 2.75) is 18.9 Å². The van der Waals surface area contributed by atoms with Crippen LogP contribution in [0.5, 0.6) is 11.6 Å². The second-order valence-corrected chi connectivity index (χ2v) is 6.60. The van der Waals surface area contributed by atoms with Crippen molar-refractivity contribution < 1.29 is 18.7 Å². The van der Waals surface area contributed by atoms with Gasteiger partial charge in [0.2, 0.25) is 5.88 Å². The first-order chi connectivity index (χ1) is 14.2. The molecule has 9 heteroatoms. The summed E-state index contributed by atoms with van der Waals surface area (Å²) < 4.78 is 26.4. The summed E-state index contributed by atoms with van der Waals surface area (Å²) in [6.07, 6.45) is 4.76. The van der Waals surface area contributed by atoms with Crippen LogP contribution in [0.2, 0.25) is 0 Å². The van der Waals surface area contributed by atoms with Gasteiger partial charge < -0.3 is 14.4 Å². The second kappa shape index (κ2) is 8.68. The lowest BCUT2D eigenvalue weighted by atomic mass is 10.1. The van der Waals surface area contributed by atoms with Gasteiger partial charge in [-0.15, -0.1) is 10.2 Å². The Hall–Kier alpha value is -3.49. The number of halogens is 1. The first-order valence-electron chi connectivity index (χ1n) is 9.34. The highest BCUT2D eigenvalue weighted by molar-refractivity contribution is 5.77. The van der Waals surface area contributed by atoms with E-state index in [2.05, 4.69) is 15.3 Å². The molecular formula is C20H20FN5O3. The van der Waals surface area contributed by atoms with Gasteiger partial charge in [0, 0.05) is 44.4 Å². The number of piperidine rings is 1. The van der Waals surface area contributed by atoms with E-state index in [0.29, 0.717) is 37.6 Å². The van der Waals surface area contributed by atoms with Crippen LogP contribution in [-0.2, 0) is 4.79 Å². The SMILES string of the molecule is O=C(COc1ccccc1F)N1CCC(Oc2ccc(-n3cccn3)nn2)CC1. The van der Waals surface area contributed by atoms with Crippen LogP contribution in [0, 0.1) is 5.82 Å². The predicted octanol–water partition coefficient (Wildman–Crippen LogP) is 2.25. The largest absolute Gasteiger partial charge is 0.481 e. The lowest BCUT2D eigenvalue weighted by Crippen LogP contribution is -2.43. The van der Waals surface area contributed by atoms with Gasteiger partial charge in [0.1, 0.15) is 6.10 Å². The Bertz CT molecular complexity index is 941. The molecule has 2 aromatic heterocycles. The maximum Gasteiger partial charge on any atom is 0.260 e. The van der Waals surface area contributed by atoms with Gasteiger partial charge in [-0.2, -0.15) is 5.10 Å². The molecule has 1 aliphatic heterocycles. The van der Waals surface area contributed by atoms with Crippen LogP contribution >= 0.6 is 0 Å². The van der Waals surface area contributed by atoms with Crippen molar-refractivity contribution >= 4 is 5.91 Å². The van der Waals surface area contributed by atoms with E-state index in [1.165, 1.54) is 12.1 Å². The van der Waals surface area contributed by atoms with Gasteiger partial charge in [-0.25, -0.2) is 9.07 Å². The van der Waals surface area contributed by atoms with Crippen LogP contribution in [0.4, 0.5) is 4.39 Å². The van der Waals surface area contributed by atoms with Crippen molar-refractivity contribution in [3.63, 3.8) is 0 Å². The number of hydrogen-bond acceptors (Lipinski definition) is 6. The van der Waals surface area contributed by atoms with Gasteiger partial charge in [0.15, 0.2) is 24.0 Å². The zero-order valence-electron chi connectivity index (χ0n) is 15.6. The molecule has 150 valence electrons. The molecule has 0 spiro atoms. The van der Waals surface area contributed by atoms with E-state index in [1.54, 1.807) is 46.2 Å². The molecule has 0 atom stereocenters. The Kier molecular flexibility index (Phi) is 5.64. The quantitative estimate of drug-likeness (QED) is 0.635. The Morgan fingerprint density at radius 2 is 1.93 bits per heavy atom. The van der Waals surface area contributed by atoms with Crippen LogP contribution in [0.3, 0.4) is 0 Å². The Labute approximate surface area is 166 Å². The molecule has 1 saturated heterocycles. The van der Waals surface area contributed by atoms with Gasteiger partial charge in [0.25, 0.3) is 5.91 Å². The van der Waals surface area contributed by atoms with Crippen molar-refractivity contribution in [3.05, 3.63) is 60.7 Å². The van der Waals surface area contributed by atoms with Crippen LogP contribution in [0.1, 0.15) is 12.8 Å². The molecule has 0 N–H and O–H groups in total. The molecule has 4 rings (SSSR count). The molecule has 0 bridgehead atoms. The summed E-state index contributed by atoms with van der Waals surface area (Å²) in [4.78, 5) is 14.0. The summed E-state index contributed by atoms with van der Waals surface area (Å²) in [7, 11) is 0. The zero-order valence-corrected chi connectivity index (χ0v) is 15.6. The van der Waals surface area contributed by atoms with Crippen molar-refractivity contribution in [2.24, 2.45) is 0 Å². The first-order valence-corrected chi connectivity index (χ1v) is 9.34. The highest BCUT2D eigenvalue weighted by Crippen LogP contribution is 2.19. The minimum atomic E-state index is -0.480. The predicted molar refractivity (Wildman–Crippen MR) is 101 cm³/mol. The number of likely N-dealkylation sites (tertiary alicyclic amines) is 1. The van der Waals surface area contributed by atoms with Gasteiger partial charge in [-0.3, -0.25) is 4.79 Å². The van der Waals surface area contributed by atoms with E-state index < -0.39 is 5.82 Å². The summed E-state index contributed by atoms with van der Waals surface area (Å²) in [6.45, 7) is 0.901. The highest BCUT2D eigenvalue weighted by atomic mass is 19.1. The number of carbonyl (C=O) groups is 1. The third-order valence-corrected chi connectivity index (χ3v) is 4.64. The molecule has 29 heavy (non-hydrogen) atoms. The van der Waals surface area contributed by atoms with Crippen LogP contribution < -0.4 is 9.47 Å². The summed E-state index contributed by atoms with van der Waals surface area (Å²) in [5.74, 6) is 0.476. The Morgan fingerprint density at radius 3 is 2.62 bits per heavy atom. The monoisotopic (exact) mass is 397 g/mol. The number of nitrogens with zero attached hydrogens (tertiary/aromatic N) is 5. The zero-order chi connectivity index (χ0) is 20.1. The fraction of sp³-hybridized carbons (Fsp3) is 0.300. The lowest BCUT2D eigenvalue weighted by molar-refractivity contribution is -0.135. The van der Waals surface area contributed by atoms with Gasteiger partial charge in [0.05, 0.1) is 0 Å². The highest BCUT2D eigenvalue weighted by Gasteiger charge is 2.24. The van der Waals surface area contributed by atoms with E-state index in [4.69, 9.17) is 9.47 Å². The fourth-order valence-corrected chi connectivity index (χ4v) is 3.09. The van der Waals surface area contributed by atoms with Crippen molar-refractivity contribution in [1.82, 2.24) is 24.9 Å². The minimum Gasteiger partial charge on any atom is -0.481 e. The molecule has 0 unspecified atom stereocenters. The molecule has 1 amide bonds. The van der Waals surface area contributed by atoms with E-state index in [9.17, 15) is 9.18 Å². The average molecular weight is 397 g/mol. The summed E-state index contributed by atoms with van der Waals surface area (Å²) in [5.41, 5.74) is 0. The average Bonchev–Trinajstić information content (AvgIpc) is 3.29. The molecule has 1 aliphatic rings. The van der Waals surface area contributed by atoms with Crippen LogP contribution in [0.25, 0.3) is 5.82 Å². The summed E-state index contributed by atoms with van der Waals surface area (Å²) >= 11 is 0. The normalized spacial score (nSPS) is 14.6. The molecule has 0 saturated carbocycles. The summed E-state index contributed by atoms with van der Waals surface area (Å²) in [6, 6.07) is 11.4. The molecule has 1 aromatic carbocycles. The summed E-state index contributed by atoms with van der Waals surface area (Å²) in [5, 5.41) is 12.3. The third kappa shape index (κ3) is 4.68. The third-order valence-electron chi connectivity index (χ3n) is 4.64. The number of para-hydroxylation sites is 1. The number of hydrogen-bond donors (Lipinski definition) is 0. The van der Waals surface area contributed by atoms with E-state index in [-0.39, 0.29) is 24.4 Å². The Balaban J connectivity index is 1.24. The molecule has 0 aliphatic carbocycles. The van der Waals surface area contributed by atoms with E-state index >= 15 is 0 Å². The van der Waals surface area contributed by atoms with Crippen molar-refractivity contribution in [1.29, 1.82) is 0 Å². The van der Waals surface area contributed by atoms with Crippen molar-refractivity contribution in [3.8, 4) is 17.4 Å². The van der Waals surface area contributed by atoms with Crippen LogP contribution in [0.15, 0.2) is 54.9 Å². The van der Waals surface area contributed by atoms with E-state index in [0.717, 1.165) is 0 Å². The number of amides is 1. The smallest absolute Gasteiger partial charge is 0.260 e. The number of carbonyl (C=O) groups excluding carboxylic acids is 1. The van der Waals surface area contributed by atoms with E-state index in [1.807, 2.05) is 6.07 Å². The topological polar surface area (TPSA) is 82.4 Å². The lowest BCUT2D eigenvalue weighted by Gasteiger charge is -2.31. The number of benzene rings is 1. The fourth-order valence-electron chi connectivity index (χ4n) is 3.09. The van der Waals surface area contributed by atoms with Gasteiger partial charge in [-0.05, 0) is 24.3 Å². The minimum absolute atomic E-state index is 0.0450. The van der Waals surface area contributed by atoms with Crippen molar-refractivity contribution in [2.75, 3.05) is 19.7 Å². The molecule has 8 nitrogen and oxygen atoms in total. The van der Waals surface area contributed by atoms with Crippen LogP contribution in [-0.4, -0.2) is 56.6 Å². The molecule has 3 heterocycles. The molecule has 3 aromatic rings. The molecule has 0 radical (unpaired) electrons.